The van der Waals surface area contributed by atoms with Crippen molar-refractivity contribution in [2.24, 2.45) is 10.8 Å². The van der Waals surface area contributed by atoms with E-state index in [-0.39, 0.29) is 0 Å². The Balaban J connectivity index is 0. The first-order valence-corrected chi connectivity index (χ1v) is 6.92. The van der Waals surface area contributed by atoms with Gasteiger partial charge in [0, 0.05) is 0 Å². The molecule has 0 aliphatic rings. The molecule has 0 heterocycles. The van der Waals surface area contributed by atoms with Gasteiger partial charge in [-0.2, -0.15) is 0 Å². The quantitative estimate of drug-likeness (QED) is 0.138. The third-order valence-corrected chi connectivity index (χ3v) is 3.11. The first-order valence-electron chi connectivity index (χ1n) is 6.92. The molecule has 0 aromatic carbocycles. The molecular weight excluding hydrogens is 386 g/mol. The summed E-state index contributed by atoms with van der Waals surface area (Å²) in [6.45, 7) is -5.13. The molecule has 0 aliphatic carbocycles. The van der Waals surface area contributed by atoms with Crippen molar-refractivity contribution >= 4 is 0 Å². The Labute approximate surface area is 150 Å². The van der Waals surface area contributed by atoms with E-state index in [1.165, 1.54) is 0 Å². The zero-order valence-electron chi connectivity index (χ0n) is 13.9. The van der Waals surface area contributed by atoms with Gasteiger partial charge in [0.2, 0.25) is 0 Å². The molecular formula is C10H21N3O14. The van der Waals surface area contributed by atoms with Crippen LogP contribution in [0.1, 0.15) is 0 Å². The second-order valence-corrected chi connectivity index (χ2v) is 5.28. The van der Waals surface area contributed by atoms with E-state index in [2.05, 4.69) is 14.5 Å². The molecule has 0 bridgehead atoms. The average molecular weight is 407 g/mol. The summed E-state index contributed by atoms with van der Waals surface area (Å²) < 4.78 is 0. The summed E-state index contributed by atoms with van der Waals surface area (Å²) in [6, 6.07) is 0. The van der Waals surface area contributed by atoms with E-state index >= 15 is 0 Å². The SMILES string of the molecule is O=[N+]([O-])OCC(CO)(CO[N+](=O)[O-])CO[N+](=O)[O-].OCC(CO)(CO)CO. The van der Waals surface area contributed by atoms with Crippen LogP contribution in [0.3, 0.4) is 0 Å². The van der Waals surface area contributed by atoms with Crippen LogP contribution in [0.5, 0.6) is 0 Å². The first kappa shape index (κ1) is 26.6. The predicted octanol–water partition coefficient (Wildman–Crippen LogP) is -3.47. The van der Waals surface area contributed by atoms with Gasteiger partial charge in [-0.05, 0) is 0 Å². The molecule has 0 saturated heterocycles. The summed E-state index contributed by atoms with van der Waals surface area (Å²) in [5.41, 5.74) is -2.91. The maximum Gasteiger partial charge on any atom is 0.294 e. The third kappa shape index (κ3) is 11.6. The molecule has 0 aliphatic heterocycles. The van der Waals surface area contributed by atoms with Crippen LogP contribution >= 0.6 is 0 Å². The van der Waals surface area contributed by atoms with Gasteiger partial charge in [-0.3, -0.25) is 0 Å². The van der Waals surface area contributed by atoms with E-state index in [1.54, 1.807) is 0 Å². The lowest BCUT2D eigenvalue weighted by molar-refractivity contribution is -0.782. The summed E-state index contributed by atoms with van der Waals surface area (Å²) in [7, 11) is 0. The van der Waals surface area contributed by atoms with Crippen molar-refractivity contribution in [3.05, 3.63) is 30.3 Å². The van der Waals surface area contributed by atoms with Crippen LogP contribution in [-0.4, -0.2) is 93.6 Å². The molecule has 0 fully saturated rings. The number of aliphatic hydroxyl groups excluding tert-OH is 5. The summed E-state index contributed by atoms with van der Waals surface area (Å²) in [6.07, 6.45) is 0. The molecule has 0 atom stereocenters. The fourth-order valence-corrected chi connectivity index (χ4v) is 1.13. The van der Waals surface area contributed by atoms with Gasteiger partial charge in [0.1, 0.15) is 19.8 Å². The van der Waals surface area contributed by atoms with E-state index < -0.39 is 78.9 Å². The van der Waals surface area contributed by atoms with E-state index in [0.29, 0.717) is 0 Å². The number of hydrogen-bond acceptors (Lipinski definition) is 14. The highest BCUT2D eigenvalue weighted by atomic mass is 17.0. The third-order valence-electron chi connectivity index (χ3n) is 3.11. The molecule has 0 radical (unpaired) electrons. The van der Waals surface area contributed by atoms with E-state index in [4.69, 9.17) is 25.5 Å². The van der Waals surface area contributed by atoms with Crippen LogP contribution in [0.25, 0.3) is 0 Å². The van der Waals surface area contributed by atoms with Crippen molar-refractivity contribution in [1.29, 1.82) is 0 Å². The van der Waals surface area contributed by atoms with E-state index in [1.807, 2.05) is 0 Å². The molecule has 0 spiro atoms. The molecule has 160 valence electrons. The zero-order chi connectivity index (χ0) is 21.5. The Hall–Kier alpha value is -2.60. The van der Waals surface area contributed by atoms with Gasteiger partial charge in [0.05, 0.1) is 43.9 Å². The molecule has 0 aromatic rings. The van der Waals surface area contributed by atoms with E-state index in [9.17, 15) is 30.3 Å². The van der Waals surface area contributed by atoms with Gasteiger partial charge in [-0.25, -0.2) is 0 Å². The topological polar surface area (TPSA) is 258 Å². The normalized spacial score (nSPS) is 11.0. The van der Waals surface area contributed by atoms with Crippen molar-refractivity contribution in [3.8, 4) is 0 Å². The van der Waals surface area contributed by atoms with Crippen LogP contribution < -0.4 is 0 Å². The highest BCUT2D eigenvalue weighted by Gasteiger charge is 2.34. The Morgan fingerprint density at radius 2 is 0.778 bits per heavy atom. The van der Waals surface area contributed by atoms with Crippen LogP contribution in [0.4, 0.5) is 0 Å². The Morgan fingerprint density at radius 1 is 0.556 bits per heavy atom. The van der Waals surface area contributed by atoms with Crippen LogP contribution in [0, 0.1) is 41.2 Å². The largest absolute Gasteiger partial charge is 0.396 e. The molecule has 5 N–H and O–H groups in total. The molecule has 0 aromatic heterocycles. The molecule has 0 rings (SSSR count). The lowest BCUT2D eigenvalue weighted by atomic mass is 9.93. The average Bonchev–Trinajstić information content (AvgIpc) is 2.64. The first-order chi connectivity index (χ1) is 12.6. The Morgan fingerprint density at radius 3 is 0.889 bits per heavy atom. The second kappa shape index (κ2) is 13.6. The molecule has 0 unspecified atom stereocenters. The minimum atomic E-state index is -1.80. The van der Waals surface area contributed by atoms with Crippen molar-refractivity contribution in [2.45, 2.75) is 0 Å². The molecule has 17 nitrogen and oxygen atoms in total. The van der Waals surface area contributed by atoms with Gasteiger partial charge in [0.25, 0.3) is 15.3 Å². The zero-order valence-corrected chi connectivity index (χ0v) is 13.9. The standard InChI is InChI=1S/C5H9N3O10.C5H12O4/c9-1-5(2-16-6(10)11,3-17-7(12)13)4-18-8(14)15;6-1-5(2-7,3-8)4-9/h9H,1-4H2;6-9H,1-4H2. The smallest absolute Gasteiger partial charge is 0.294 e. The second-order valence-electron chi connectivity index (χ2n) is 5.28. The van der Waals surface area contributed by atoms with Gasteiger partial charge in [0.15, 0.2) is 0 Å². The summed E-state index contributed by atoms with van der Waals surface area (Å²) >= 11 is 0. The lowest BCUT2D eigenvalue weighted by Gasteiger charge is -2.27. The van der Waals surface area contributed by atoms with Crippen LogP contribution in [0.2, 0.25) is 0 Å². The molecule has 0 saturated carbocycles. The molecule has 0 amide bonds. The van der Waals surface area contributed by atoms with Crippen molar-refractivity contribution in [2.75, 3.05) is 52.9 Å². The Kier molecular flexibility index (Phi) is 13.4. The number of nitrogens with zero attached hydrogens (tertiary/aromatic N) is 3. The number of aliphatic hydroxyl groups is 5. The fraction of sp³-hybridized carbons (Fsp3) is 1.00. The van der Waals surface area contributed by atoms with Crippen molar-refractivity contribution < 1.29 is 55.3 Å². The van der Waals surface area contributed by atoms with Gasteiger partial charge in [-0.15, -0.1) is 30.3 Å². The van der Waals surface area contributed by atoms with Crippen LogP contribution in [-0.2, 0) is 14.5 Å². The maximum absolute atomic E-state index is 9.99. The highest BCUT2D eigenvalue weighted by Crippen LogP contribution is 2.19. The lowest BCUT2D eigenvalue weighted by Crippen LogP contribution is -2.42. The fourth-order valence-electron chi connectivity index (χ4n) is 1.13. The Bertz CT molecular complexity index is 393. The minimum absolute atomic E-state index is 0.406. The van der Waals surface area contributed by atoms with Gasteiger partial charge in [-0.1, -0.05) is 0 Å². The van der Waals surface area contributed by atoms with E-state index in [0.717, 1.165) is 0 Å². The summed E-state index contributed by atoms with van der Waals surface area (Å²) in [5, 5.41) is 69.3. The summed E-state index contributed by atoms with van der Waals surface area (Å²) in [5.74, 6) is 0. The maximum atomic E-state index is 9.99. The molecule has 17 heteroatoms. The van der Waals surface area contributed by atoms with Crippen LogP contribution in [0.15, 0.2) is 0 Å². The van der Waals surface area contributed by atoms with Crippen molar-refractivity contribution in [1.82, 2.24) is 0 Å². The predicted molar refractivity (Wildman–Crippen MR) is 79.1 cm³/mol. The molecule has 27 heavy (non-hydrogen) atoms. The number of hydrogen-bond donors (Lipinski definition) is 5. The van der Waals surface area contributed by atoms with Gasteiger partial charge >= 0.3 is 0 Å². The van der Waals surface area contributed by atoms with Gasteiger partial charge < -0.3 is 40.0 Å². The van der Waals surface area contributed by atoms with Crippen molar-refractivity contribution in [3.63, 3.8) is 0 Å². The minimum Gasteiger partial charge on any atom is -0.396 e. The summed E-state index contributed by atoms with van der Waals surface area (Å²) in [4.78, 5) is 41.7. The number of rotatable bonds is 14. The highest BCUT2D eigenvalue weighted by molar-refractivity contribution is 4.77. The monoisotopic (exact) mass is 407 g/mol.